The fraction of sp³-hybridized carbons (Fsp3) is 0.304. The van der Waals surface area contributed by atoms with Gasteiger partial charge in [-0.1, -0.05) is 49.1 Å². The van der Waals surface area contributed by atoms with Crippen molar-refractivity contribution < 1.29 is 13.2 Å². The summed E-state index contributed by atoms with van der Waals surface area (Å²) >= 11 is 5.17. The van der Waals surface area contributed by atoms with Crippen LogP contribution in [0.3, 0.4) is 0 Å². The Labute approximate surface area is 189 Å². The summed E-state index contributed by atoms with van der Waals surface area (Å²) in [4.78, 5) is 12.3. The Kier molecular flexibility index (Phi) is 7.95. The monoisotopic (exact) mass is 457 g/mol. The molecule has 8 heteroatoms. The third kappa shape index (κ3) is 7.27. The van der Waals surface area contributed by atoms with E-state index in [9.17, 15) is 13.2 Å². The minimum atomic E-state index is -3.55. The average molecular weight is 458 g/mol. The molecule has 2 aromatic carbocycles. The Bertz CT molecular complexity index is 1040. The Balaban J connectivity index is 1.52. The van der Waals surface area contributed by atoms with Gasteiger partial charge in [0.1, 0.15) is 0 Å². The number of sulfonamides is 1. The summed E-state index contributed by atoms with van der Waals surface area (Å²) in [5.74, 6) is -0.353. The topological polar surface area (TPSA) is 87.3 Å². The number of hydrogen-bond donors (Lipinski definition) is 3. The van der Waals surface area contributed by atoms with E-state index in [-0.39, 0.29) is 22.0 Å². The van der Waals surface area contributed by atoms with Gasteiger partial charge in [0.05, 0.1) is 4.90 Å². The van der Waals surface area contributed by atoms with Crippen molar-refractivity contribution in [3.05, 3.63) is 65.7 Å². The van der Waals surface area contributed by atoms with Crippen LogP contribution in [0, 0.1) is 6.92 Å². The molecule has 0 aromatic heterocycles. The van der Waals surface area contributed by atoms with Crippen molar-refractivity contribution in [2.45, 2.75) is 50.0 Å². The summed E-state index contributed by atoms with van der Waals surface area (Å²) in [6.07, 6.45) is 8.15. The highest BCUT2D eigenvalue weighted by Gasteiger charge is 2.21. The van der Waals surface area contributed by atoms with Crippen LogP contribution in [0.5, 0.6) is 0 Å². The second kappa shape index (κ2) is 10.7. The molecule has 164 valence electrons. The second-order valence-electron chi connectivity index (χ2n) is 7.67. The molecule has 0 atom stereocenters. The first-order valence-corrected chi connectivity index (χ1v) is 12.2. The summed E-state index contributed by atoms with van der Waals surface area (Å²) < 4.78 is 27.9. The molecule has 0 heterocycles. The van der Waals surface area contributed by atoms with E-state index in [2.05, 4.69) is 15.4 Å². The predicted octanol–water partition coefficient (Wildman–Crippen LogP) is 4.13. The van der Waals surface area contributed by atoms with E-state index in [1.165, 1.54) is 18.2 Å². The van der Waals surface area contributed by atoms with Crippen LogP contribution in [-0.4, -0.2) is 25.5 Å². The number of benzene rings is 2. The van der Waals surface area contributed by atoms with Gasteiger partial charge in [-0.25, -0.2) is 13.1 Å². The van der Waals surface area contributed by atoms with Crippen molar-refractivity contribution in [1.29, 1.82) is 0 Å². The molecule has 1 amide bonds. The van der Waals surface area contributed by atoms with Crippen LogP contribution in [0.1, 0.15) is 43.2 Å². The molecular formula is C23H27N3O3S2. The van der Waals surface area contributed by atoms with Gasteiger partial charge < -0.3 is 5.32 Å². The van der Waals surface area contributed by atoms with Crippen LogP contribution in [0.4, 0.5) is 5.69 Å². The molecule has 0 aliphatic heterocycles. The third-order valence-electron chi connectivity index (χ3n) is 5.09. The molecule has 0 bridgehead atoms. The number of hydrogen-bond acceptors (Lipinski definition) is 4. The van der Waals surface area contributed by atoms with Crippen LogP contribution in [0.25, 0.3) is 6.08 Å². The van der Waals surface area contributed by atoms with Crippen molar-refractivity contribution in [1.82, 2.24) is 10.0 Å². The van der Waals surface area contributed by atoms with Gasteiger partial charge in [-0.3, -0.25) is 10.1 Å². The van der Waals surface area contributed by atoms with Gasteiger partial charge in [0.2, 0.25) is 15.9 Å². The van der Waals surface area contributed by atoms with Crippen molar-refractivity contribution in [2.24, 2.45) is 0 Å². The lowest BCUT2D eigenvalue weighted by Crippen LogP contribution is -2.36. The number of amides is 1. The predicted molar refractivity (Wildman–Crippen MR) is 128 cm³/mol. The molecule has 1 saturated carbocycles. The lowest BCUT2D eigenvalue weighted by atomic mass is 9.96. The minimum Gasteiger partial charge on any atom is -0.332 e. The summed E-state index contributed by atoms with van der Waals surface area (Å²) in [5.41, 5.74) is 2.65. The first-order valence-electron chi connectivity index (χ1n) is 10.3. The maximum Gasteiger partial charge on any atom is 0.250 e. The first-order chi connectivity index (χ1) is 14.8. The van der Waals surface area contributed by atoms with Crippen LogP contribution < -0.4 is 15.4 Å². The first kappa shape index (κ1) is 23.1. The van der Waals surface area contributed by atoms with Gasteiger partial charge in [0, 0.05) is 17.8 Å². The van der Waals surface area contributed by atoms with Gasteiger partial charge in [0.25, 0.3) is 0 Å². The normalized spacial score (nSPS) is 15.0. The van der Waals surface area contributed by atoms with Crippen molar-refractivity contribution in [2.75, 3.05) is 5.32 Å². The zero-order valence-corrected chi connectivity index (χ0v) is 19.1. The third-order valence-corrected chi connectivity index (χ3v) is 6.83. The van der Waals surface area contributed by atoms with Gasteiger partial charge >= 0.3 is 0 Å². The Morgan fingerprint density at radius 1 is 1.00 bits per heavy atom. The molecule has 0 saturated heterocycles. The second-order valence-corrected chi connectivity index (χ2v) is 9.79. The lowest BCUT2D eigenvalue weighted by Gasteiger charge is -2.22. The van der Waals surface area contributed by atoms with E-state index < -0.39 is 10.0 Å². The molecule has 0 unspecified atom stereocenters. The Morgan fingerprint density at radius 3 is 2.29 bits per heavy atom. The SMILES string of the molecule is Cc1ccc(/C=C/C(=O)NC(=S)Nc2ccc(S(=O)(=O)NC3CCCCC3)cc2)cc1. The van der Waals surface area contributed by atoms with Gasteiger partial charge in [-0.05, 0) is 67.9 Å². The number of anilines is 1. The highest BCUT2D eigenvalue weighted by molar-refractivity contribution is 7.89. The van der Waals surface area contributed by atoms with E-state index in [1.807, 2.05) is 31.2 Å². The van der Waals surface area contributed by atoms with Gasteiger partial charge in [-0.2, -0.15) is 0 Å². The number of nitrogens with one attached hydrogen (secondary N) is 3. The number of rotatable bonds is 6. The van der Waals surface area contributed by atoms with E-state index in [0.29, 0.717) is 5.69 Å². The van der Waals surface area contributed by atoms with Crippen LogP contribution >= 0.6 is 12.2 Å². The largest absolute Gasteiger partial charge is 0.332 e. The van der Waals surface area contributed by atoms with E-state index >= 15 is 0 Å². The van der Waals surface area contributed by atoms with Crippen LogP contribution in [0.2, 0.25) is 0 Å². The fourth-order valence-corrected chi connectivity index (χ4v) is 4.91. The van der Waals surface area contributed by atoms with E-state index in [1.54, 1.807) is 18.2 Å². The van der Waals surface area contributed by atoms with Crippen LogP contribution in [-0.2, 0) is 14.8 Å². The zero-order valence-electron chi connectivity index (χ0n) is 17.4. The smallest absolute Gasteiger partial charge is 0.250 e. The molecule has 31 heavy (non-hydrogen) atoms. The highest BCUT2D eigenvalue weighted by atomic mass is 32.2. The molecule has 3 N–H and O–H groups in total. The molecule has 2 aromatic rings. The van der Waals surface area contributed by atoms with Gasteiger partial charge in [0.15, 0.2) is 5.11 Å². The zero-order chi connectivity index (χ0) is 22.3. The fourth-order valence-electron chi connectivity index (χ4n) is 3.39. The molecule has 1 aliphatic rings. The maximum absolute atomic E-state index is 12.6. The molecule has 0 spiro atoms. The Morgan fingerprint density at radius 2 is 1.65 bits per heavy atom. The molecule has 6 nitrogen and oxygen atoms in total. The summed E-state index contributed by atoms with van der Waals surface area (Å²) in [7, 11) is -3.55. The van der Waals surface area contributed by atoms with Crippen molar-refractivity contribution in [3.63, 3.8) is 0 Å². The van der Waals surface area contributed by atoms with E-state index in [4.69, 9.17) is 12.2 Å². The minimum absolute atomic E-state index is 0.00676. The molecule has 1 aliphatic carbocycles. The quantitative estimate of drug-likeness (QED) is 0.448. The number of aryl methyl sites for hydroxylation is 1. The molecule has 0 radical (unpaired) electrons. The van der Waals surface area contributed by atoms with Crippen LogP contribution in [0.15, 0.2) is 59.5 Å². The van der Waals surface area contributed by atoms with Gasteiger partial charge in [-0.15, -0.1) is 0 Å². The molecule has 1 fully saturated rings. The van der Waals surface area contributed by atoms with E-state index in [0.717, 1.165) is 43.2 Å². The summed E-state index contributed by atoms with van der Waals surface area (Å²) in [6.45, 7) is 2.00. The molecular weight excluding hydrogens is 430 g/mol. The molecule has 3 rings (SSSR count). The van der Waals surface area contributed by atoms with Crippen molar-refractivity contribution >= 4 is 45.0 Å². The Hall–Kier alpha value is -2.55. The summed E-state index contributed by atoms with van der Waals surface area (Å²) in [6, 6.07) is 14.1. The summed E-state index contributed by atoms with van der Waals surface area (Å²) in [5, 5.41) is 5.60. The lowest BCUT2D eigenvalue weighted by molar-refractivity contribution is -0.115. The standard InChI is InChI=1S/C23H27N3O3S2/c1-17-7-9-18(10-8-17)11-16-22(27)25-23(30)24-19-12-14-21(15-13-19)31(28,29)26-20-5-3-2-4-6-20/h7-16,20,26H,2-6H2,1H3,(H2,24,25,27,30)/b16-11+. The number of carbonyl (C=O) groups is 1. The highest BCUT2D eigenvalue weighted by Crippen LogP contribution is 2.20. The maximum atomic E-state index is 12.6. The number of thiocarbonyl (C=S) groups is 1. The van der Waals surface area contributed by atoms with Crippen molar-refractivity contribution in [3.8, 4) is 0 Å². The number of carbonyl (C=O) groups excluding carboxylic acids is 1. The average Bonchev–Trinajstić information content (AvgIpc) is 2.74.